The molecule has 1 saturated heterocycles. The summed E-state index contributed by atoms with van der Waals surface area (Å²) in [6.07, 6.45) is 7.28. The van der Waals surface area contributed by atoms with Crippen molar-refractivity contribution in [3.8, 4) is 0 Å². The van der Waals surface area contributed by atoms with Gasteiger partial charge < -0.3 is 9.84 Å². The van der Waals surface area contributed by atoms with Crippen molar-refractivity contribution in [2.75, 3.05) is 6.61 Å². The Hall–Kier alpha value is -0.860. The average molecular weight is 260 g/mol. The smallest absolute Gasteiger partial charge is 0.0915 e. The lowest BCUT2D eigenvalue weighted by molar-refractivity contribution is -0.135. The standard InChI is InChI=1S/C17H24O2/c1-17(9-2-3-10-19-17)16(18)12-13-7-8-14-5-4-6-15(14)11-13/h7-8,11,16,18H,2-6,9-10,12H2,1H3. The number of aryl methyl sites for hydroxylation is 2. The third-order valence-corrected chi connectivity index (χ3v) is 4.80. The predicted molar refractivity (Wildman–Crippen MR) is 76.4 cm³/mol. The summed E-state index contributed by atoms with van der Waals surface area (Å²) in [4.78, 5) is 0. The van der Waals surface area contributed by atoms with E-state index >= 15 is 0 Å². The molecule has 0 amide bonds. The molecule has 3 rings (SSSR count). The molecule has 1 aromatic rings. The van der Waals surface area contributed by atoms with Crippen molar-refractivity contribution < 1.29 is 9.84 Å². The van der Waals surface area contributed by atoms with Crippen LogP contribution in [0.2, 0.25) is 0 Å². The molecule has 2 aliphatic rings. The van der Waals surface area contributed by atoms with Crippen LogP contribution in [0.1, 0.15) is 49.3 Å². The Balaban J connectivity index is 1.70. The average Bonchev–Trinajstić information content (AvgIpc) is 2.87. The molecule has 0 aromatic heterocycles. The van der Waals surface area contributed by atoms with Crippen LogP contribution in [0, 0.1) is 0 Å². The molecular weight excluding hydrogens is 236 g/mol. The number of hydrogen-bond donors (Lipinski definition) is 1. The summed E-state index contributed by atoms with van der Waals surface area (Å²) < 4.78 is 5.84. The van der Waals surface area contributed by atoms with E-state index in [9.17, 15) is 5.11 Å². The minimum absolute atomic E-state index is 0.350. The van der Waals surface area contributed by atoms with Crippen molar-refractivity contribution in [1.29, 1.82) is 0 Å². The van der Waals surface area contributed by atoms with Gasteiger partial charge in [0.05, 0.1) is 11.7 Å². The number of hydrogen-bond acceptors (Lipinski definition) is 2. The lowest BCUT2D eigenvalue weighted by atomic mass is 9.86. The highest BCUT2D eigenvalue weighted by atomic mass is 16.5. The number of fused-ring (bicyclic) bond motifs is 1. The Morgan fingerprint density at radius 2 is 2.05 bits per heavy atom. The Morgan fingerprint density at radius 1 is 1.21 bits per heavy atom. The minimum atomic E-state index is -0.396. The zero-order chi connectivity index (χ0) is 13.3. The van der Waals surface area contributed by atoms with Gasteiger partial charge in [-0.05, 0) is 62.1 Å². The van der Waals surface area contributed by atoms with Crippen molar-refractivity contribution in [1.82, 2.24) is 0 Å². The minimum Gasteiger partial charge on any atom is -0.390 e. The van der Waals surface area contributed by atoms with Crippen LogP contribution in [0.15, 0.2) is 18.2 Å². The molecule has 2 unspecified atom stereocenters. The van der Waals surface area contributed by atoms with Crippen LogP contribution in [0.5, 0.6) is 0 Å². The maximum Gasteiger partial charge on any atom is 0.0915 e. The van der Waals surface area contributed by atoms with E-state index in [0.717, 1.165) is 25.9 Å². The number of aliphatic hydroxyl groups excluding tert-OH is 1. The van der Waals surface area contributed by atoms with Gasteiger partial charge >= 0.3 is 0 Å². The molecule has 1 N–H and O–H groups in total. The number of benzene rings is 1. The molecule has 1 aromatic carbocycles. The van der Waals surface area contributed by atoms with Gasteiger partial charge in [0, 0.05) is 13.0 Å². The molecule has 104 valence electrons. The summed E-state index contributed by atoms with van der Waals surface area (Å²) in [6, 6.07) is 6.71. The van der Waals surface area contributed by atoms with Gasteiger partial charge in [-0.3, -0.25) is 0 Å². The van der Waals surface area contributed by atoms with E-state index < -0.39 is 6.10 Å². The molecular formula is C17H24O2. The quantitative estimate of drug-likeness (QED) is 0.905. The van der Waals surface area contributed by atoms with Crippen LogP contribution in [-0.4, -0.2) is 23.4 Å². The van der Waals surface area contributed by atoms with Gasteiger partial charge in [0.15, 0.2) is 0 Å². The molecule has 19 heavy (non-hydrogen) atoms. The highest BCUT2D eigenvalue weighted by molar-refractivity contribution is 5.35. The Labute approximate surface area is 115 Å². The van der Waals surface area contributed by atoms with Gasteiger partial charge in [-0.25, -0.2) is 0 Å². The van der Waals surface area contributed by atoms with Gasteiger partial charge in [0.1, 0.15) is 0 Å². The first-order chi connectivity index (χ1) is 9.17. The van der Waals surface area contributed by atoms with Crippen LogP contribution < -0.4 is 0 Å². The first-order valence-corrected chi connectivity index (χ1v) is 7.60. The summed E-state index contributed by atoms with van der Waals surface area (Å²) in [6.45, 7) is 2.85. The summed E-state index contributed by atoms with van der Waals surface area (Å²) >= 11 is 0. The Kier molecular flexibility index (Phi) is 3.64. The van der Waals surface area contributed by atoms with Crippen LogP contribution in [0.25, 0.3) is 0 Å². The van der Waals surface area contributed by atoms with Crippen molar-refractivity contribution in [2.45, 2.75) is 63.6 Å². The normalized spacial score (nSPS) is 28.1. The second kappa shape index (κ2) is 5.26. The summed E-state index contributed by atoms with van der Waals surface area (Å²) in [5.41, 5.74) is 3.89. The van der Waals surface area contributed by atoms with Gasteiger partial charge in [-0.1, -0.05) is 18.2 Å². The summed E-state index contributed by atoms with van der Waals surface area (Å²) in [5, 5.41) is 10.5. The summed E-state index contributed by atoms with van der Waals surface area (Å²) in [7, 11) is 0. The molecule has 1 aliphatic carbocycles. The topological polar surface area (TPSA) is 29.5 Å². The lowest BCUT2D eigenvalue weighted by Crippen LogP contribution is -2.45. The van der Waals surface area contributed by atoms with E-state index in [1.165, 1.54) is 36.0 Å². The van der Waals surface area contributed by atoms with Crippen LogP contribution in [0.3, 0.4) is 0 Å². The fourth-order valence-corrected chi connectivity index (χ4v) is 3.41. The molecule has 2 heteroatoms. The first-order valence-electron chi connectivity index (χ1n) is 7.60. The van der Waals surface area contributed by atoms with Crippen LogP contribution in [-0.2, 0) is 24.0 Å². The predicted octanol–water partition coefficient (Wildman–Crippen LogP) is 3.04. The Morgan fingerprint density at radius 3 is 2.84 bits per heavy atom. The fourth-order valence-electron chi connectivity index (χ4n) is 3.41. The zero-order valence-electron chi connectivity index (χ0n) is 11.8. The second-order valence-electron chi connectivity index (χ2n) is 6.29. The monoisotopic (exact) mass is 260 g/mol. The molecule has 0 saturated carbocycles. The van der Waals surface area contributed by atoms with E-state index in [1.54, 1.807) is 0 Å². The highest BCUT2D eigenvalue weighted by Crippen LogP contribution is 2.30. The zero-order valence-corrected chi connectivity index (χ0v) is 11.8. The lowest BCUT2D eigenvalue weighted by Gasteiger charge is -2.38. The fraction of sp³-hybridized carbons (Fsp3) is 0.647. The molecule has 1 heterocycles. The second-order valence-corrected chi connectivity index (χ2v) is 6.29. The van der Waals surface area contributed by atoms with Crippen molar-refractivity contribution in [3.63, 3.8) is 0 Å². The van der Waals surface area contributed by atoms with E-state index in [-0.39, 0.29) is 5.60 Å². The van der Waals surface area contributed by atoms with E-state index in [1.807, 2.05) is 0 Å². The first kappa shape index (κ1) is 13.1. The van der Waals surface area contributed by atoms with E-state index in [4.69, 9.17) is 4.74 Å². The van der Waals surface area contributed by atoms with Gasteiger partial charge in [-0.15, -0.1) is 0 Å². The van der Waals surface area contributed by atoms with Crippen LogP contribution in [0.4, 0.5) is 0 Å². The molecule has 2 nitrogen and oxygen atoms in total. The number of rotatable bonds is 3. The third-order valence-electron chi connectivity index (χ3n) is 4.80. The van der Waals surface area contributed by atoms with E-state index in [2.05, 4.69) is 25.1 Å². The molecule has 1 fully saturated rings. The maximum atomic E-state index is 10.5. The molecule has 1 aliphatic heterocycles. The van der Waals surface area contributed by atoms with Crippen molar-refractivity contribution in [3.05, 3.63) is 34.9 Å². The molecule has 0 spiro atoms. The Bertz CT molecular complexity index is 447. The van der Waals surface area contributed by atoms with Crippen molar-refractivity contribution >= 4 is 0 Å². The SMILES string of the molecule is CC1(C(O)Cc2ccc3c(c2)CCC3)CCCCO1. The number of ether oxygens (including phenoxy) is 1. The maximum absolute atomic E-state index is 10.5. The van der Waals surface area contributed by atoms with E-state index in [0.29, 0.717) is 6.42 Å². The third kappa shape index (κ3) is 2.70. The highest BCUT2D eigenvalue weighted by Gasteiger charge is 2.35. The number of aliphatic hydroxyl groups is 1. The molecule has 0 bridgehead atoms. The summed E-state index contributed by atoms with van der Waals surface area (Å²) in [5.74, 6) is 0. The van der Waals surface area contributed by atoms with Gasteiger partial charge in [0.25, 0.3) is 0 Å². The molecule has 0 radical (unpaired) electrons. The molecule has 2 atom stereocenters. The van der Waals surface area contributed by atoms with Crippen molar-refractivity contribution in [2.24, 2.45) is 0 Å². The van der Waals surface area contributed by atoms with Gasteiger partial charge in [-0.2, -0.15) is 0 Å². The van der Waals surface area contributed by atoms with Crippen LogP contribution >= 0.6 is 0 Å². The largest absolute Gasteiger partial charge is 0.390 e. The van der Waals surface area contributed by atoms with Gasteiger partial charge in [0.2, 0.25) is 0 Å².